The van der Waals surface area contributed by atoms with Gasteiger partial charge in [-0.15, -0.1) is 0 Å². The Bertz CT molecular complexity index is 2700. The van der Waals surface area contributed by atoms with E-state index < -0.39 is 113 Å². The molecule has 3 aromatic carbocycles. The van der Waals surface area contributed by atoms with E-state index in [4.69, 9.17) is 10.3 Å². The number of benzene rings is 3. The first-order chi connectivity index (χ1) is 34.7. The van der Waals surface area contributed by atoms with E-state index in [-0.39, 0.29) is 97.0 Å². The maximum absolute atomic E-state index is 14.3. The van der Waals surface area contributed by atoms with Crippen molar-refractivity contribution in [2.75, 3.05) is 30.6 Å². The van der Waals surface area contributed by atoms with Crippen LogP contribution in [0.4, 0.5) is 0 Å². The number of aliphatic carboxylic acids is 1. The van der Waals surface area contributed by atoms with Crippen LogP contribution in [-0.4, -0.2) is 138 Å². The van der Waals surface area contributed by atoms with Crippen LogP contribution < -0.4 is 111 Å². The van der Waals surface area contributed by atoms with Gasteiger partial charge in [-0.25, -0.2) is 0 Å². The summed E-state index contributed by atoms with van der Waals surface area (Å²) in [6.45, 7) is 0.488. The molecule has 0 saturated carbocycles. The fourth-order valence-electron chi connectivity index (χ4n) is 7.31. The van der Waals surface area contributed by atoms with Gasteiger partial charge < -0.3 is 62.0 Å². The van der Waals surface area contributed by atoms with Crippen molar-refractivity contribution >= 4 is 98.1 Å². The number of para-hydroxylation sites is 1. The summed E-state index contributed by atoms with van der Waals surface area (Å²) in [5, 5.41) is 30.1. The number of carbonyl (C=O) groups excluding carboxylic acids is 9. The average molecular weight is 1120 g/mol. The largest absolute Gasteiger partial charge is 1.00 e. The number of fused-ring (bicyclic) bond motifs is 1. The van der Waals surface area contributed by atoms with Gasteiger partial charge >= 0.3 is 69.5 Å². The first-order valence-corrected chi connectivity index (χ1v) is 26.7. The van der Waals surface area contributed by atoms with Crippen molar-refractivity contribution in [3.8, 4) is 5.75 Å². The van der Waals surface area contributed by atoms with E-state index in [0.717, 1.165) is 0 Å². The number of hydrogen-bond acceptors (Lipinski definition) is 15. The number of amides is 8. The minimum absolute atomic E-state index is 0. The summed E-state index contributed by atoms with van der Waals surface area (Å²) in [6.07, 6.45) is 3.92. The minimum Gasteiger partial charge on any atom is -0.550 e. The number of carbonyl (C=O) groups is 9. The number of H-pyrrole nitrogens is 1. The third kappa shape index (κ3) is 23.3. The molecule has 0 saturated heterocycles. The van der Waals surface area contributed by atoms with Gasteiger partial charge in [-0.05, 0) is 71.7 Å². The Labute approximate surface area is 486 Å². The summed E-state index contributed by atoms with van der Waals surface area (Å²) in [5.41, 5.74) is 7.94. The second-order valence-electron chi connectivity index (χ2n) is 16.5. The van der Waals surface area contributed by atoms with Crippen LogP contribution >= 0.6 is 23.5 Å². The van der Waals surface area contributed by atoms with Gasteiger partial charge in [0.25, 0.3) is 0 Å². The van der Waals surface area contributed by atoms with Crippen LogP contribution in [0.1, 0.15) is 42.9 Å². The van der Waals surface area contributed by atoms with Gasteiger partial charge in [-0.2, -0.15) is 31.9 Å². The van der Waals surface area contributed by atoms with E-state index in [0.29, 0.717) is 39.1 Å². The number of carboxylic acids is 1. The summed E-state index contributed by atoms with van der Waals surface area (Å²) in [5.74, 6) is -8.02. The number of aromatic nitrogens is 1. The molecule has 0 spiro atoms. The molecule has 4 rings (SSSR count). The fourth-order valence-corrected chi connectivity index (χ4v) is 8.60. The molecule has 1 aromatic heterocycles. The summed E-state index contributed by atoms with van der Waals surface area (Å²) in [7, 11) is -4.79. The van der Waals surface area contributed by atoms with Crippen molar-refractivity contribution in [1.29, 1.82) is 0 Å². The Kier molecular flexibility index (Phi) is 29.1. The zero-order valence-electron chi connectivity index (χ0n) is 42.0. The van der Waals surface area contributed by atoms with E-state index in [1.165, 1.54) is 54.7 Å². The topological polar surface area (TPSA) is 366 Å². The summed E-state index contributed by atoms with van der Waals surface area (Å²) >= 11 is 2.68. The summed E-state index contributed by atoms with van der Waals surface area (Å²) in [6, 6.07) is 12.6. The number of aromatic amines is 1. The molecule has 0 fully saturated rings. The van der Waals surface area contributed by atoms with Gasteiger partial charge in [0.05, 0.1) is 6.54 Å². The Balaban J connectivity index is 0.00000963. The molecule has 1 heterocycles. The molecule has 0 aliphatic carbocycles. The third-order valence-corrected chi connectivity index (χ3v) is 12.6. The smallest absolute Gasteiger partial charge is 0.550 e. The molecule has 0 aliphatic heterocycles. The van der Waals surface area contributed by atoms with E-state index in [1.54, 1.807) is 73.3 Å². The minimum atomic E-state index is -4.79. The third-order valence-electron chi connectivity index (χ3n) is 10.9. The van der Waals surface area contributed by atoms with Crippen molar-refractivity contribution in [2.24, 2.45) is 5.73 Å². The molecule has 75 heavy (non-hydrogen) atoms. The van der Waals surface area contributed by atoms with E-state index in [2.05, 4.69) is 46.4 Å². The van der Waals surface area contributed by atoms with Crippen LogP contribution in [0.5, 0.6) is 5.75 Å². The van der Waals surface area contributed by atoms with Crippen molar-refractivity contribution in [3.05, 3.63) is 102 Å². The zero-order chi connectivity index (χ0) is 53.7. The van der Waals surface area contributed by atoms with Crippen LogP contribution in [0.2, 0.25) is 0 Å². The average Bonchev–Trinajstić information content (AvgIpc) is 3.74. The summed E-state index contributed by atoms with van der Waals surface area (Å²) < 4.78 is 35.6. The molecule has 8 amide bonds. The molecule has 4 aromatic rings. The molecule has 0 unspecified atom stereocenters. The number of carboxylic acid groups (broad SMARTS) is 1. The molecule has 394 valence electrons. The van der Waals surface area contributed by atoms with E-state index in [9.17, 15) is 56.7 Å². The first kappa shape index (κ1) is 66.0. The predicted molar refractivity (Wildman–Crippen MR) is 270 cm³/mol. The fraction of sp³-hybridized carbons (Fsp3) is 0.383. The van der Waals surface area contributed by atoms with Crippen LogP contribution in [0.15, 0.2) is 85.1 Å². The van der Waals surface area contributed by atoms with Crippen LogP contribution in [0.3, 0.4) is 0 Å². The Morgan fingerprint density at radius 3 is 1.69 bits per heavy atom. The molecule has 0 aliphatic rings. The normalized spacial score (nSPS) is 13.3. The Morgan fingerprint density at radius 1 is 0.640 bits per heavy atom. The number of nitrogens with one attached hydrogen (secondary N) is 8. The van der Waals surface area contributed by atoms with Gasteiger partial charge in [0, 0.05) is 55.7 Å². The van der Waals surface area contributed by atoms with Crippen molar-refractivity contribution in [1.82, 2.24) is 42.2 Å². The van der Waals surface area contributed by atoms with Crippen molar-refractivity contribution in [3.63, 3.8) is 0 Å². The van der Waals surface area contributed by atoms with Crippen LogP contribution in [0.25, 0.3) is 10.9 Å². The molecule has 28 heteroatoms. The second kappa shape index (κ2) is 33.1. The van der Waals surface area contributed by atoms with Gasteiger partial charge in [0.15, 0.2) is 0 Å². The summed E-state index contributed by atoms with van der Waals surface area (Å²) in [4.78, 5) is 122. The van der Waals surface area contributed by atoms with Gasteiger partial charge in [0.2, 0.25) is 47.3 Å². The molecule has 23 nitrogen and oxygen atoms in total. The number of primary amides is 1. The molecule has 6 atom stereocenters. The molecular formula is C47H58N9Na2O14S3+. The standard InChI is InChI=1S/C47H59N9O14S3.2Na/c1-27(57)51-37(22-29-13-15-31(16-14-29)70-73(67,68)69)45(64)53-34(17-19-71-2)43(62)50-26-40(58)52-38(23-30-25-49-33-12-8-7-11-32(30)33)46(65)54-35(18-20-72-3)44(63)56-39(24-41(59)60)47(66)55-36(42(48)61)21-28-9-5-4-6-10-28;;/h4-16,25,34-39,49H,17-24,26H2,1-3H3,(H2,48,61)(H,50,62)(H,51,57)(H,52,58)(H,53,64)(H,54,65)(H,55,66)(H,56,63)(H,59,60)(H,67,68,69);;/q;2*+1/p-1/t34-,35-,36-,37-,38-,39-;;/m0../s1. The maximum atomic E-state index is 14.3. The van der Waals surface area contributed by atoms with E-state index >= 15 is 0 Å². The molecule has 0 radical (unpaired) electrons. The van der Waals surface area contributed by atoms with Gasteiger partial charge in [-0.3, -0.25) is 42.9 Å². The van der Waals surface area contributed by atoms with Gasteiger partial charge in [0.1, 0.15) is 42.0 Å². The number of rotatable bonds is 30. The monoisotopic (exact) mass is 1110 g/mol. The Hall–Kier alpha value is -5.16. The second-order valence-corrected chi connectivity index (χ2v) is 19.5. The zero-order valence-corrected chi connectivity index (χ0v) is 48.4. The van der Waals surface area contributed by atoms with Crippen molar-refractivity contribution < 1.29 is 125 Å². The van der Waals surface area contributed by atoms with Crippen molar-refractivity contribution in [2.45, 2.75) is 81.7 Å². The number of nitrogens with two attached hydrogens (primary N) is 1. The van der Waals surface area contributed by atoms with Crippen LogP contribution in [0, 0.1) is 0 Å². The molecule has 11 N–H and O–H groups in total. The van der Waals surface area contributed by atoms with Gasteiger partial charge in [-0.1, -0.05) is 60.7 Å². The maximum Gasteiger partial charge on any atom is 1.00 e. The predicted octanol–water partition coefficient (Wildman–Crippen LogP) is -7.44. The first-order valence-electron chi connectivity index (χ1n) is 22.5. The number of thioether (sulfide) groups is 2. The quantitative estimate of drug-likeness (QED) is 0.0171. The SMILES string of the molecule is CSCC[C@H](NC(=O)[C@H](Cc1ccc(OS(=O)(=O)O)cc1)NC(C)=O)C(=O)NCC(=O)N[C@@H](Cc1c[nH]c2ccccc12)C(=O)N[C@@H](CCSC)C(=O)N[C@@H](CC(=O)[O-])C(=O)N[C@@H](Cc1ccccc1)C(N)=O.[Na+].[Na+]. The number of hydrogen-bond donors (Lipinski definition) is 10. The van der Waals surface area contributed by atoms with Crippen LogP contribution in [-0.2, 0) is 72.8 Å². The van der Waals surface area contributed by atoms with E-state index in [1.807, 2.05) is 0 Å². The Morgan fingerprint density at radius 2 is 1.13 bits per heavy atom. The molecular weight excluding hydrogens is 1060 g/mol. The molecule has 0 bridgehead atoms.